The van der Waals surface area contributed by atoms with Gasteiger partial charge in [0.15, 0.2) is 0 Å². The lowest BCUT2D eigenvalue weighted by atomic mass is 10.1. The zero-order chi connectivity index (χ0) is 15.1. The van der Waals surface area contributed by atoms with Gasteiger partial charge in [-0.25, -0.2) is 4.98 Å². The van der Waals surface area contributed by atoms with Crippen molar-refractivity contribution in [3.63, 3.8) is 0 Å². The number of nitrogens with one attached hydrogen (secondary N) is 1. The highest BCUT2D eigenvalue weighted by Gasteiger charge is 2.17. The zero-order valence-electron chi connectivity index (χ0n) is 11.6. The molecular formula is C12H19N5O3. The molecule has 8 heteroatoms. The second kappa shape index (κ2) is 7.49. The number of nitrogens with two attached hydrogens (primary N) is 1. The van der Waals surface area contributed by atoms with Gasteiger partial charge < -0.3 is 10.8 Å². The summed E-state index contributed by atoms with van der Waals surface area (Å²) < 4.78 is 0. The van der Waals surface area contributed by atoms with Crippen LogP contribution in [0.4, 0.5) is 5.95 Å². The van der Waals surface area contributed by atoms with Crippen molar-refractivity contribution in [1.29, 1.82) is 0 Å². The fraction of sp³-hybridized carbons (Fsp3) is 0.583. The molecule has 0 radical (unpaired) electrons. The van der Waals surface area contributed by atoms with Gasteiger partial charge in [-0.3, -0.25) is 14.9 Å². The average Bonchev–Trinajstić information content (AvgIpc) is 2.44. The number of carbonyl (C=O) groups is 2. The molecule has 1 aromatic heterocycles. The molecule has 1 atom stereocenters. The minimum atomic E-state index is -0.994. The standard InChI is InChI=1S/C12H19N5O3/c1-3-8-9(4-2)16-17-12(14-8)15-11(20)7(13)5-6-10(18)19/h7H,3-6,13H2,1-2H3,(H,18,19)(H,14,15,17,20). The molecule has 1 heterocycles. The van der Waals surface area contributed by atoms with E-state index in [1.165, 1.54) is 0 Å². The molecule has 0 aliphatic carbocycles. The summed E-state index contributed by atoms with van der Waals surface area (Å²) in [6.45, 7) is 3.89. The quantitative estimate of drug-likeness (QED) is 0.647. The predicted molar refractivity (Wildman–Crippen MR) is 72.1 cm³/mol. The van der Waals surface area contributed by atoms with Gasteiger partial charge in [-0.15, -0.1) is 10.2 Å². The first-order valence-corrected chi connectivity index (χ1v) is 6.48. The Bertz CT molecular complexity index is 492. The maximum absolute atomic E-state index is 11.7. The highest BCUT2D eigenvalue weighted by molar-refractivity contribution is 5.93. The Labute approximate surface area is 116 Å². The smallest absolute Gasteiger partial charge is 0.303 e. The number of carbonyl (C=O) groups excluding carboxylic acids is 1. The summed E-state index contributed by atoms with van der Waals surface area (Å²) in [4.78, 5) is 26.4. The van der Waals surface area contributed by atoms with Gasteiger partial charge in [0.1, 0.15) is 0 Å². The van der Waals surface area contributed by atoms with Crippen LogP contribution in [0.2, 0.25) is 0 Å². The molecule has 0 fully saturated rings. The van der Waals surface area contributed by atoms with Crippen molar-refractivity contribution in [1.82, 2.24) is 15.2 Å². The average molecular weight is 281 g/mol. The summed E-state index contributed by atoms with van der Waals surface area (Å²) in [5.41, 5.74) is 7.16. The Morgan fingerprint density at radius 2 is 1.90 bits per heavy atom. The lowest BCUT2D eigenvalue weighted by Crippen LogP contribution is -2.36. The van der Waals surface area contributed by atoms with E-state index in [1.54, 1.807) is 0 Å². The van der Waals surface area contributed by atoms with Crippen LogP contribution >= 0.6 is 0 Å². The Morgan fingerprint density at radius 3 is 2.45 bits per heavy atom. The molecule has 1 rings (SSSR count). The van der Waals surface area contributed by atoms with Crippen LogP contribution in [0.5, 0.6) is 0 Å². The zero-order valence-corrected chi connectivity index (χ0v) is 11.6. The van der Waals surface area contributed by atoms with E-state index in [4.69, 9.17) is 10.8 Å². The number of hydrogen-bond acceptors (Lipinski definition) is 6. The normalized spacial score (nSPS) is 11.9. The van der Waals surface area contributed by atoms with E-state index >= 15 is 0 Å². The van der Waals surface area contributed by atoms with Gasteiger partial charge in [-0.2, -0.15) is 0 Å². The first-order chi connectivity index (χ1) is 9.47. The summed E-state index contributed by atoms with van der Waals surface area (Å²) in [7, 11) is 0. The molecule has 1 unspecified atom stereocenters. The van der Waals surface area contributed by atoms with Crippen LogP contribution in [0.3, 0.4) is 0 Å². The number of amides is 1. The van der Waals surface area contributed by atoms with Crippen LogP contribution in [0.1, 0.15) is 38.1 Å². The van der Waals surface area contributed by atoms with E-state index < -0.39 is 17.9 Å². The molecule has 1 aromatic rings. The minimum absolute atomic E-state index is 0.0578. The van der Waals surface area contributed by atoms with E-state index in [1.807, 2.05) is 13.8 Å². The fourth-order valence-corrected chi connectivity index (χ4v) is 1.60. The third-order valence-corrected chi connectivity index (χ3v) is 2.75. The lowest BCUT2D eigenvalue weighted by Gasteiger charge is -2.11. The maximum Gasteiger partial charge on any atom is 0.303 e. The van der Waals surface area contributed by atoms with E-state index in [-0.39, 0.29) is 18.8 Å². The van der Waals surface area contributed by atoms with Gasteiger partial charge in [-0.05, 0) is 19.3 Å². The molecule has 110 valence electrons. The summed E-state index contributed by atoms with van der Waals surface area (Å²) in [5, 5.41) is 18.8. The SMILES string of the molecule is CCc1nnc(NC(=O)C(N)CCC(=O)O)nc1CC. The highest BCUT2D eigenvalue weighted by Crippen LogP contribution is 2.07. The molecule has 0 spiro atoms. The van der Waals surface area contributed by atoms with Crippen LogP contribution in [-0.4, -0.2) is 38.2 Å². The number of anilines is 1. The third kappa shape index (κ3) is 4.54. The van der Waals surface area contributed by atoms with Gasteiger partial charge in [0.2, 0.25) is 11.9 Å². The molecule has 20 heavy (non-hydrogen) atoms. The van der Waals surface area contributed by atoms with E-state index in [2.05, 4.69) is 20.5 Å². The molecule has 8 nitrogen and oxygen atoms in total. The second-order valence-corrected chi connectivity index (χ2v) is 4.26. The van der Waals surface area contributed by atoms with Gasteiger partial charge in [0, 0.05) is 6.42 Å². The van der Waals surface area contributed by atoms with Crippen molar-refractivity contribution in [2.75, 3.05) is 5.32 Å². The molecular weight excluding hydrogens is 262 g/mol. The van der Waals surface area contributed by atoms with E-state index in [0.29, 0.717) is 6.42 Å². The summed E-state index contributed by atoms with van der Waals surface area (Å²) >= 11 is 0. The summed E-state index contributed by atoms with van der Waals surface area (Å²) in [5.74, 6) is -1.42. The van der Waals surface area contributed by atoms with Gasteiger partial charge in [-0.1, -0.05) is 13.8 Å². The maximum atomic E-state index is 11.7. The highest BCUT2D eigenvalue weighted by atomic mass is 16.4. The minimum Gasteiger partial charge on any atom is -0.481 e. The van der Waals surface area contributed by atoms with Crippen LogP contribution in [0, 0.1) is 0 Å². The van der Waals surface area contributed by atoms with Gasteiger partial charge >= 0.3 is 5.97 Å². The first kappa shape index (κ1) is 16.0. The number of aliphatic carboxylic acids is 1. The number of carboxylic acids is 1. The molecule has 0 saturated heterocycles. The van der Waals surface area contributed by atoms with Crippen LogP contribution in [0.25, 0.3) is 0 Å². The molecule has 4 N–H and O–H groups in total. The van der Waals surface area contributed by atoms with Crippen LogP contribution in [0.15, 0.2) is 0 Å². The fourth-order valence-electron chi connectivity index (χ4n) is 1.60. The molecule has 0 aliphatic rings. The first-order valence-electron chi connectivity index (χ1n) is 6.48. The number of nitrogens with zero attached hydrogens (tertiary/aromatic N) is 3. The summed E-state index contributed by atoms with van der Waals surface area (Å²) in [6, 6.07) is -0.911. The molecule has 1 amide bonds. The van der Waals surface area contributed by atoms with Crippen molar-refractivity contribution >= 4 is 17.8 Å². The largest absolute Gasteiger partial charge is 0.481 e. The molecule has 0 bridgehead atoms. The van der Waals surface area contributed by atoms with Gasteiger partial charge in [0.25, 0.3) is 0 Å². The monoisotopic (exact) mass is 281 g/mol. The topological polar surface area (TPSA) is 131 Å². The third-order valence-electron chi connectivity index (χ3n) is 2.75. The lowest BCUT2D eigenvalue weighted by molar-refractivity contribution is -0.137. The molecule has 0 saturated carbocycles. The number of rotatable bonds is 7. The number of aromatic nitrogens is 3. The van der Waals surface area contributed by atoms with E-state index in [0.717, 1.165) is 17.8 Å². The van der Waals surface area contributed by atoms with Crippen LogP contribution in [-0.2, 0) is 22.4 Å². The van der Waals surface area contributed by atoms with Crippen LogP contribution < -0.4 is 11.1 Å². The van der Waals surface area contributed by atoms with Crippen molar-refractivity contribution in [3.8, 4) is 0 Å². The molecule has 0 aliphatic heterocycles. The van der Waals surface area contributed by atoms with Gasteiger partial charge in [0.05, 0.1) is 17.4 Å². The Morgan fingerprint density at radius 1 is 1.25 bits per heavy atom. The van der Waals surface area contributed by atoms with Crippen molar-refractivity contribution in [2.24, 2.45) is 5.73 Å². The Kier molecular flexibility index (Phi) is 5.98. The Hall–Kier alpha value is -2.09. The second-order valence-electron chi connectivity index (χ2n) is 4.26. The predicted octanol–water partition coefficient (Wildman–Crippen LogP) is 0.127. The summed E-state index contributed by atoms with van der Waals surface area (Å²) in [6.07, 6.45) is 1.30. The number of hydrogen-bond donors (Lipinski definition) is 3. The number of aryl methyl sites for hydroxylation is 2. The molecule has 0 aromatic carbocycles. The number of carboxylic acid groups (broad SMARTS) is 1. The van der Waals surface area contributed by atoms with Crippen molar-refractivity contribution < 1.29 is 14.7 Å². The Balaban J connectivity index is 2.68. The van der Waals surface area contributed by atoms with E-state index in [9.17, 15) is 9.59 Å². The van der Waals surface area contributed by atoms with Crippen molar-refractivity contribution in [3.05, 3.63) is 11.4 Å². The van der Waals surface area contributed by atoms with Crippen molar-refractivity contribution in [2.45, 2.75) is 45.6 Å².